The molecule has 174 valence electrons. The molecule has 0 aliphatic heterocycles. The maximum atomic E-state index is 13.5. The Labute approximate surface area is 202 Å². The summed E-state index contributed by atoms with van der Waals surface area (Å²) in [5, 5.41) is 23.8. The standard InChI is InChI=1S/C28H24N4O3/c1-29-16-7-11-18(12-8-16)31-22-15-23(32-19-13-9-17(30-2)10-14-19)28(35)25-24(22)26(33)20-5-3-4-6-21(20)27(25)34/h3-15,29-32,35H,1-2H3. The Morgan fingerprint density at radius 1 is 0.571 bits per heavy atom. The minimum absolute atomic E-state index is 0.0140. The van der Waals surface area contributed by atoms with Crippen LogP contribution in [0.1, 0.15) is 31.8 Å². The summed E-state index contributed by atoms with van der Waals surface area (Å²) < 4.78 is 0. The number of hydrogen-bond acceptors (Lipinski definition) is 7. The first-order chi connectivity index (χ1) is 17.0. The number of aromatic hydroxyl groups is 1. The highest BCUT2D eigenvalue weighted by atomic mass is 16.3. The predicted molar refractivity (Wildman–Crippen MR) is 140 cm³/mol. The number of phenolic OH excluding ortho intramolecular Hbond substituents is 1. The zero-order valence-corrected chi connectivity index (χ0v) is 19.3. The molecule has 0 unspecified atom stereocenters. The van der Waals surface area contributed by atoms with Gasteiger partial charge in [0.05, 0.1) is 22.5 Å². The fraction of sp³-hybridized carbons (Fsp3) is 0.0714. The SMILES string of the molecule is CNc1ccc(Nc2cc(Nc3ccc(NC)cc3)c3c(c2O)C(=O)c2ccccc2C3=O)cc1. The van der Waals surface area contributed by atoms with E-state index in [0.717, 1.165) is 22.7 Å². The molecule has 4 aromatic carbocycles. The van der Waals surface area contributed by atoms with Crippen molar-refractivity contribution in [3.05, 3.63) is 101 Å². The molecule has 0 fully saturated rings. The van der Waals surface area contributed by atoms with Crippen molar-refractivity contribution in [1.29, 1.82) is 0 Å². The van der Waals surface area contributed by atoms with Crippen LogP contribution in [-0.2, 0) is 0 Å². The lowest BCUT2D eigenvalue weighted by Crippen LogP contribution is -2.22. The molecule has 0 aromatic heterocycles. The first-order valence-corrected chi connectivity index (χ1v) is 11.2. The van der Waals surface area contributed by atoms with Gasteiger partial charge in [0, 0.05) is 48.0 Å². The largest absolute Gasteiger partial charge is 0.505 e. The van der Waals surface area contributed by atoms with Gasteiger partial charge in [0.25, 0.3) is 0 Å². The molecule has 0 saturated heterocycles. The Morgan fingerprint density at radius 2 is 1.00 bits per heavy atom. The topological polar surface area (TPSA) is 102 Å². The highest BCUT2D eigenvalue weighted by Crippen LogP contribution is 2.43. The summed E-state index contributed by atoms with van der Waals surface area (Å²) in [6, 6.07) is 23.4. The second-order valence-corrected chi connectivity index (χ2v) is 8.18. The van der Waals surface area contributed by atoms with Crippen molar-refractivity contribution in [1.82, 2.24) is 0 Å². The van der Waals surface area contributed by atoms with Crippen LogP contribution in [0.25, 0.3) is 0 Å². The van der Waals surface area contributed by atoms with E-state index >= 15 is 0 Å². The number of carbonyl (C=O) groups excluding carboxylic acids is 2. The summed E-state index contributed by atoms with van der Waals surface area (Å²) in [6.07, 6.45) is 0. The van der Waals surface area contributed by atoms with Gasteiger partial charge in [-0.1, -0.05) is 24.3 Å². The van der Waals surface area contributed by atoms with E-state index in [9.17, 15) is 14.7 Å². The smallest absolute Gasteiger partial charge is 0.198 e. The van der Waals surface area contributed by atoms with Gasteiger partial charge in [-0.2, -0.15) is 0 Å². The molecule has 0 amide bonds. The van der Waals surface area contributed by atoms with Gasteiger partial charge in [0.2, 0.25) is 0 Å². The van der Waals surface area contributed by atoms with Gasteiger partial charge >= 0.3 is 0 Å². The molecule has 35 heavy (non-hydrogen) atoms. The van der Waals surface area contributed by atoms with E-state index in [4.69, 9.17) is 0 Å². The number of hydrogen-bond donors (Lipinski definition) is 5. The van der Waals surface area contributed by atoms with E-state index in [2.05, 4.69) is 21.3 Å². The normalized spacial score (nSPS) is 11.9. The number of nitrogens with one attached hydrogen (secondary N) is 4. The number of ketones is 2. The van der Waals surface area contributed by atoms with Crippen molar-refractivity contribution >= 4 is 45.7 Å². The van der Waals surface area contributed by atoms with E-state index in [1.807, 2.05) is 62.6 Å². The van der Waals surface area contributed by atoms with E-state index in [1.165, 1.54) is 0 Å². The summed E-state index contributed by atoms with van der Waals surface area (Å²) in [6.45, 7) is 0. The third-order valence-electron chi connectivity index (χ3n) is 6.08. The summed E-state index contributed by atoms with van der Waals surface area (Å²) >= 11 is 0. The number of carbonyl (C=O) groups is 2. The van der Waals surface area contributed by atoms with Crippen molar-refractivity contribution < 1.29 is 14.7 Å². The van der Waals surface area contributed by atoms with Crippen LogP contribution in [0.15, 0.2) is 78.9 Å². The molecule has 0 bridgehead atoms. The van der Waals surface area contributed by atoms with Gasteiger partial charge in [0.1, 0.15) is 0 Å². The Balaban J connectivity index is 1.65. The van der Waals surface area contributed by atoms with Gasteiger partial charge < -0.3 is 26.4 Å². The number of benzene rings is 4. The minimum Gasteiger partial charge on any atom is -0.505 e. The quantitative estimate of drug-likeness (QED) is 0.161. The van der Waals surface area contributed by atoms with Crippen LogP contribution in [0, 0.1) is 0 Å². The maximum Gasteiger partial charge on any atom is 0.198 e. The zero-order valence-electron chi connectivity index (χ0n) is 19.3. The number of anilines is 6. The molecular weight excluding hydrogens is 440 g/mol. The molecule has 0 atom stereocenters. The van der Waals surface area contributed by atoms with Crippen LogP contribution >= 0.6 is 0 Å². The van der Waals surface area contributed by atoms with Crippen molar-refractivity contribution in [3.8, 4) is 5.75 Å². The minimum atomic E-state index is -0.393. The van der Waals surface area contributed by atoms with Crippen LogP contribution < -0.4 is 21.3 Å². The summed E-state index contributed by atoms with van der Waals surface area (Å²) in [5.41, 5.74) is 4.82. The Kier molecular flexibility index (Phi) is 5.58. The second kappa shape index (κ2) is 8.87. The van der Waals surface area contributed by atoms with Gasteiger partial charge in [-0.15, -0.1) is 0 Å². The van der Waals surface area contributed by atoms with Crippen molar-refractivity contribution in [2.24, 2.45) is 0 Å². The van der Waals surface area contributed by atoms with Crippen LogP contribution in [0.3, 0.4) is 0 Å². The molecular formula is C28H24N4O3. The lowest BCUT2D eigenvalue weighted by molar-refractivity contribution is 0.0977. The molecule has 0 heterocycles. The van der Waals surface area contributed by atoms with E-state index in [0.29, 0.717) is 16.9 Å². The van der Waals surface area contributed by atoms with Crippen LogP contribution in [0.5, 0.6) is 5.75 Å². The molecule has 0 spiro atoms. The fourth-order valence-corrected chi connectivity index (χ4v) is 4.22. The first kappa shape index (κ1) is 22.0. The molecule has 5 N–H and O–H groups in total. The van der Waals surface area contributed by atoms with Gasteiger partial charge in [-0.3, -0.25) is 9.59 Å². The first-order valence-electron chi connectivity index (χ1n) is 11.2. The highest BCUT2D eigenvalue weighted by Gasteiger charge is 2.35. The summed E-state index contributed by atoms with van der Waals surface area (Å²) in [5.74, 6) is -0.971. The molecule has 7 nitrogen and oxygen atoms in total. The lowest BCUT2D eigenvalue weighted by Gasteiger charge is -2.24. The fourth-order valence-electron chi connectivity index (χ4n) is 4.22. The predicted octanol–water partition coefficient (Wildman–Crippen LogP) is 5.74. The average molecular weight is 465 g/mol. The lowest BCUT2D eigenvalue weighted by atomic mass is 9.82. The van der Waals surface area contributed by atoms with E-state index in [1.54, 1.807) is 30.3 Å². The average Bonchev–Trinajstić information content (AvgIpc) is 2.90. The van der Waals surface area contributed by atoms with Crippen LogP contribution in [0.2, 0.25) is 0 Å². The maximum absolute atomic E-state index is 13.5. The highest BCUT2D eigenvalue weighted by molar-refractivity contribution is 6.31. The number of fused-ring (bicyclic) bond motifs is 2. The number of rotatable bonds is 6. The van der Waals surface area contributed by atoms with Crippen LogP contribution in [0.4, 0.5) is 34.1 Å². The zero-order chi connectivity index (χ0) is 24.5. The molecule has 0 radical (unpaired) electrons. The summed E-state index contributed by atoms with van der Waals surface area (Å²) in [7, 11) is 3.67. The Hall–Kier alpha value is -4.78. The van der Waals surface area contributed by atoms with Gasteiger partial charge in [0.15, 0.2) is 17.3 Å². The molecule has 1 aliphatic carbocycles. The monoisotopic (exact) mass is 464 g/mol. The molecule has 0 saturated carbocycles. The van der Waals surface area contributed by atoms with Crippen molar-refractivity contribution in [2.75, 3.05) is 35.4 Å². The van der Waals surface area contributed by atoms with Gasteiger partial charge in [-0.05, 0) is 54.6 Å². The van der Waals surface area contributed by atoms with Crippen LogP contribution in [-0.4, -0.2) is 30.8 Å². The number of phenols is 1. The van der Waals surface area contributed by atoms with E-state index < -0.39 is 5.78 Å². The molecule has 1 aliphatic rings. The van der Waals surface area contributed by atoms with E-state index in [-0.39, 0.29) is 28.2 Å². The van der Waals surface area contributed by atoms with Crippen molar-refractivity contribution in [3.63, 3.8) is 0 Å². The third-order valence-corrected chi connectivity index (χ3v) is 6.08. The van der Waals surface area contributed by atoms with Crippen molar-refractivity contribution in [2.45, 2.75) is 0 Å². The van der Waals surface area contributed by atoms with Gasteiger partial charge in [-0.25, -0.2) is 0 Å². The molecule has 5 rings (SSSR count). The molecule has 4 aromatic rings. The summed E-state index contributed by atoms with van der Waals surface area (Å²) in [4.78, 5) is 27.0. The molecule has 7 heteroatoms. The second-order valence-electron chi connectivity index (χ2n) is 8.18. The Morgan fingerprint density at radius 3 is 1.49 bits per heavy atom. The Bertz CT molecular complexity index is 1440. The third kappa shape index (κ3) is 3.93.